The Morgan fingerprint density at radius 3 is 3.00 bits per heavy atom. The van der Waals surface area contributed by atoms with Crippen LogP contribution in [0.25, 0.3) is 0 Å². The number of benzene rings is 1. The van der Waals surface area contributed by atoms with Crippen LogP contribution in [0.3, 0.4) is 0 Å². The highest BCUT2D eigenvalue weighted by atomic mass is 35.5. The van der Waals surface area contributed by atoms with Crippen molar-refractivity contribution in [1.82, 2.24) is 4.90 Å². The number of rotatable bonds is 3. The molecular weight excluding hydrogens is 358 g/mol. The SMILES string of the molecule is O=C(Cc1cc(Cl)c2c(c1)OCCCO2)N1CCCC1c1cccs1. The van der Waals surface area contributed by atoms with Crippen LogP contribution in [0.1, 0.15) is 35.7 Å². The molecule has 132 valence electrons. The van der Waals surface area contributed by atoms with Crippen LogP contribution in [0.15, 0.2) is 29.6 Å². The Balaban J connectivity index is 1.53. The number of hydrogen-bond donors (Lipinski definition) is 0. The van der Waals surface area contributed by atoms with E-state index in [9.17, 15) is 4.79 Å². The zero-order valence-electron chi connectivity index (χ0n) is 13.9. The second-order valence-electron chi connectivity index (χ2n) is 6.39. The average Bonchev–Trinajstić information content (AvgIpc) is 3.22. The minimum absolute atomic E-state index is 0.140. The van der Waals surface area contributed by atoms with Crippen molar-refractivity contribution in [2.24, 2.45) is 0 Å². The van der Waals surface area contributed by atoms with Crippen LogP contribution in [0.2, 0.25) is 5.02 Å². The summed E-state index contributed by atoms with van der Waals surface area (Å²) in [7, 11) is 0. The molecule has 25 heavy (non-hydrogen) atoms. The summed E-state index contributed by atoms with van der Waals surface area (Å²) in [5.41, 5.74) is 0.871. The number of nitrogens with zero attached hydrogens (tertiary/aromatic N) is 1. The van der Waals surface area contributed by atoms with Crippen LogP contribution < -0.4 is 9.47 Å². The first-order valence-corrected chi connectivity index (χ1v) is 9.89. The first-order valence-electron chi connectivity index (χ1n) is 8.63. The van der Waals surface area contributed by atoms with E-state index in [0.717, 1.165) is 31.4 Å². The first-order chi connectivity index (χ1) is 12.2. The molecule has 0 N–H and O–H groups in total. The third-order valence-corrected chi connectivity index (χ3v) is 5.92. The molecule has 0 saturated carbocycles. The second-order valence-corrected chi connectivity index (χ2v) is 7.78. The van der Waals surface area contributed by atoms with Crippen molar-refractivity contribution in [3.8, 4) is 11.5 Å². The molecular formula is C19H20ClNO3S. The van der Waals surface area contributed by atoms with Crippen molar-refractivity contribution in [2.75, 3.05) is 19.8 Å². The number of halogens is 1. The maximum absolute atomic E-state index is 12.9. The summed E-state index contributed by atoms with van der Waals surface area (Å²) in [5.74, 6) is 1.37. The van der Waals surface area contributed by atoms with E-state index in [0.29, 0.717) is 36.2 Å². The van der Waals surface area contributed by atoms with Gasteiger partial charge >= 0.3 is 0 Å². The summed E-state index contributed by atoms with van der Waals surface area (Å²) in [6.45, 7) is 2.02. The number of amides is 1. The fraction of sp³-hybridized carbons (Fsp3) is 0.421. The summed E-state index contributed by atoms with van der Waals surface area (Å²) >= 11 is 8.06. The van der Waals surface area contributed by atoms with Gasteiger partial charge in [0.15, 0.2) is 11.5 Å². The minimum Gasteiger partial charge on any atom is -0.489 e. The van der Waals surface area contributed by atoms with Crippen molar-refractivity contribution >= 4 is 28.8 Å². The number of thiophene rings is 1. The molecule has 2 aliphatic heterocycles. The molecule has 4 nitrogen and oxygen atoms in total. The molecule has 1 amide bonds. The lowest BCUT2D eigenvalue weighted by Crippen LogP contribution is -2.31. The molecule has 3 heterocycles. The van der Waals surface area contributed by atoms with Crippen LogP contribution in [-0.4, -0.2) is 30.6 Å². The molecule has 1 atom stereocenters. The second kappa shape index (κ2) is 7.26. The van der Waals surface area contributed by atoms with Gasteiger partial charge in [0.2, 0.25) is 5.91 Å². The highest BCUT2D eigenvalue weighted by Crippen LogP contribution is 2.39. The number of carbonyl (C=O) groups is 1. The highest BCUT2D eigenvalue weighted by molar-refractivity contribution is 7.10. The number of likely N-dealkylation sites (tertiary alicyclic amines) is 1. The van der Waals surface area contributed by atoms with Gasteiger partial charge in [-0.2, -0.15) is 0 Å². The van der Waals surface area contributed by atoms with Gasteiger partial charge in [0.1, 0.15) is 0 Å². The van der Waals surface area contributed by atoms with Gasteiger partial charge in [-0.3, -0.25) is 4.79 Å². The Morgan fingerprint density at radius 2 is 2.16 bits per heavy atom. The molecule has 1 saturated heterocycles. The third kappa shape index (κ3) is 3.48. The molecule has 0 aliphatic carbocycles. The van der Waals surface area contributed by atoms with Crippen molar-refractivity contribution in [3.63, 3.8) is 0 Å². The molecule has 4 rings (SSSR count). The summed E-state index contributed by atoms with van der Waals surface area (Å²) in [6, 6.07) is 8.09. The summed E-state index contributed by atoms with van der Waals surface area (Å²) in [5, 5.41) is 2.58. The van der Waals surface area contributed by atoms with E-state index in [-0.39, 0.29) is 11.9 Å². The van der Waals surface area contributed by atoms with Crippen molar-refractivity contribution in [1.29, 1.82) is 0 Å². The normalized spacial score (nSPS) is 19.7. The van der Waals surface area contributed by atoms with E-state index < -0.39 is 0 Å². The van der Waals surface area contributed by atoms with Crippen LogP contribution in [-0.2, 0) is 11.2 Å². The summed E-state index contributed by atoms with van der Waals surface area (Å²) in [6.07, 6.45) is 3.25. The van der Waals surface area contributed by atoms with Crippen molar-refractivity contribution in [2.45, 2.75) is 31.7 Å². The lowest BCUT2D eigenvalue weighted by Gasteiger charge is -2.24. The van der Waals surface area contributed by atoms with Crippen molar-refractivity contribution < 1.29 is 14.3 Å². The molecule has 1 fully saturated rings. The Kier molecular flexibility index (Phi) is 4.86. The van der Waals surface area contributed by atoms with Gasteiger partial charge in [0, 0.05) is 17.8 Å². The smallest absolute Gasteiger partial charge is 0.227 e. The van der Waals surface area contributed by atoms with Gasteiger partial charge in [-0.05, 0) is 42.0 Å². The van der Waals surface area contributed by atoms with E-state index in [1.165, 1.54) is 4.88 Å². The molecule has 1 unspecified atom stereocenters. The zero-order chi connectivity index (χ0) is 17.2. The molecule has 0 spiro atoms. The molecule has 6 heteroatoms. The van der Waals surface area contributed by atoms with Gasteiger partial charge in [-0.15, -0.1) is 11.3 Å². The van der Waals surface area contributed by atoms with Gasteiger partial charge in [0.05, 0.1) is 30.7 Å². The average molecular weight is 378 g/mol. The maximum atomic E-state index is 12.9. The van der Waals surface area contributed by atoms with Gasteiger partial charge in [0.25, 0.3) is 0 Å². The molecule has 1 aromatic heterocycles. The van der Waals surface area contributed by atoms with Crippen LogP contribution in [0.5, 0.6) is 11.5 Å². The maximum Gasteiger partial charge on any atom is 0.227 e. The lowest BCUT2D eigenvalue weighted by molar-refractivity contribution is -0.131. The Hall–Kier alpha value is -1.72. The predicted molar refractivity (Wildman–Crippen MR) is 98.8 cm³/mol. The quantitative estimate of drug-likeness (QED) is 0.792. The Morgan fingerprint density at radius 1 is 1.28 bits per heavy atom. The number of ether oxygens (including phenoxy) is 2. The Bertz CT molecular complexity index is 762. The fourth-order valence-electron chi connectivity index (χ4n) is 3.50. The summed E-state index contributed by atoms with van der Waals surface area (Å²) in [4.78, 5) is 16.2. The first kappa shape index (κ1) is 16.7. The Labute approximate surface area is 156 Å². The zero-order valence-corrected chi connectivity index (χ0v) is 15.4. The number of carbonyl (C=O) groups excluding carboxylic acids is 1. The molecule has 2 aliphatic rings. The fourth-order valence-corrected chi connectivity index (χ4v) is 4.67. The van der Waals surface area contributed by atoms with E-state index >= 15 is 0 Å². The molecule has 0 bridgehead atoms. The van der Waals surface area contributed by atoms with Crippen LogP contribution >= 0.6 is 22.9 Å². The number of hydrogen-bond acceptors (Lipinski definition) is 4. The largest absolute Gasteiger partial charge is 0.489 e. The van der Waals surface area contributed by atoms with E-state index in [1.54, 1.807) is 11.3 Å². The van der Waals surface area contributed by atoms with Gasteiger partial charge < -0.3 is 14.4 Å². The van der Waals surface area contributed by atoms with E-state index in [2.05, 4.69) is 11.4 Å². The standard InChI is InChI=1S/C19H20ClNO3S/c20-14-10-13(11-16-19(14)24-8-3-7-23-16)12-18(22)21-6-1-4-15(21)17-5-2-9-25-17/h2,5,9-11,15H,1,3-4,6-8,12H2. The van der Waals surface area contributed by atoms with Gasteiger partial charge in [-0.25, -0.2) is 0 Å². The van der Waals surface area contributed by atoms with E-state index in [4.69, 9.17) is 21.1 Å². The van der Waals surface area contributed by atoms with E-state index in [1.807, 2.05) is 23.1 Å². The number of fused-ring (bicyclic) bond motifs is 1. The predicted octanol–water partition coefficient (Wildman–Crippen LogP) is 4.47. The molecule has 0 radical (unpaired) electrons. The van der Waals surface area contributed by atoms with Gasteiger partial charge in [-0.1, -0.05) is 17.7 Å². The van der Waals surface area contributed by atoms with Crippen LogP contribution in [0.4, 0.5) is 0 Å². The highest BCUT2D eigenvalue weighted by Gasteiger charge is 2.30. The minimum atomic E-state index is 0.140. The summed E-state index contributed by atoms with van der Waals surface area (Å²) < 4.78 is 11.4. The molecule has 1 aromatic carbocycles. The van der Waals surface area contributed by atoms with Crippen molar-refractivity contribution in [3.05, 3.63) is 45.1 Å². The third-order valence-electron chi connectivity index (χ3n) is 4.66. The lowest BCUT2D eigenvalue weighted by atomic mass is 10.1. The molecule has 2 aromatic rings. The topological polar surface area (TPSA) is 38.8 Å². The monoisotopic (exact) mass is 377 g/mol. The van der Waals surface area contributed by atoms with Crippen LogP contribution in [0, 0.1) is 0 Å².